The summed E-state index contributed by atoms with van der Waals surface area (Å²) in [5, 5.41) is 18.3. The Morgan fingerprint density at radius 2 is 1.88 bits per heavy atom. The Bertz CT molecular complexity index is 319. The fourth-order valence-electron chi connectivity index (χ4n) is 2.36. The first-order valence-corrected chi connectivity index (χ1v) is 5.93. The molecule has 0 aliphatic carbocycles. The minimum atomic E-state index is -1.01. The van der Waals surface area contributed by atoms with Crippen molar-refractivity contribution in [3.8, 4) is 0 Å². The van der Waals surface area contributed by atoms with Crippen LogP contribution in [0.2, 0.25) is 0 Å². The summed E-state index contributed by atoms with van der Waals surface area (Å²) in [6.45, 7) is 0.948. The van der Waals surface area contributed by atoms with Crippen molar-refractivity contribution >= 4 is 11.9 Å². The first kappa shape index (κ1) is 12.3. The SMILES string of the molecule is O=C(O)[C@H]1CC[C@@H](C(=O)N2CCCC(O)C2)O1. The molecular weight excluding hydrogens is 226 g/mol. The molecule has 0 aromatic rings. The average molecular weight is 243 g/mol. The smallest absolute Gasteiger partial charge is 0.332 e. The van der Waals surface area contributed by atoms with Gasteiger partial charge in [0, 0.05) is 13.1 Å². The zero-order chi connectivity index (χ0) is 12.4. The van der Waals surface area contributed by atoms with Gasteiger partial charge >= 0.3 is 5.97 Å². The van der Waals surface area contributed by atoms with E-state index in [0.717, 1.165) is 6.42 Å². The van der Waals surface area contributed by atoms with E-state index >= 15 is 0 Å². The van der Waals surface area contributed by atoms with Gasteiger partial charge in [-0.3, -0.25) is 4.79 Å². The number of hydrogen-bond acceptors (Lipinski definition) is 4. The molecule has 2 rings (SSSR count). The predicted octanol–water partition coefficient (Wildman–Crippen LogP) is -0.398. The largest absolute Gasteiger partial charge is 0.479 e. The minimum Gasteiger partial charge on any atom is -0.479 e. The molecule has 0 aromatic heterocycles. The molecule has 0 aromatic carbocycles. The van der Waals surface area contributed by atoms with Crippen molar-refractivity contribution in [1.82, 2.24) is 4.90 Å². The van der Waals surface area contributed by atoms with E-state index in [9.17, 15) is 14.7 Å². The molecule has 1 unspecified atom stereocenters. The van der Waals surface area contributed by atoms with E-state index in [1.807, 2.05) is 0 Å². The maximum absolute atomic E-state index is 12.0. The highest BCUT2D eigenvalue weighted by Gasteiger charge is 2.37. The van der Waals surface area contributed by atoms with Crippen LogP contribution in [0.3, 0.4) is 0 Å². The predicted molar refractivity (Wildman–Crippen MR) is 57.4 cm³/mol. The Labute approximate surface area is 99.2 Å². The number of carboxylic acids is 1. The van der Waals surface area contributed by atoms with Crippen LogP contribution < -0.4 is 0 Å². The van der Waals surface area contributed by atoms with Crippen LogP contribution in [-0.2, 0) is 14.3 Å². The van der Waals surface area contributed by atoms with Gasteiger partial charge in [0.2, 0.25) is 0 Å². The van der Waals surface area contributed by atoms with Crippen molar-refractivity contribution in [2.75, 3.05) is 13.1 Å². The number of aliphatic hydroxyl groups excluding tert-OH is 1. The number of ether oxygens (including phenoxy) is 1. The number of hydrogen-bond donors (Lipinski definition) is 2. The zero-order valence-electron chi connectivity index (χ0n) is 9.54. The molecule has 0 bridgehead atoms. The summed E-state index contributed by atoms with van der Waals surface area (Å²) >= 11 is 0. The molecule has 2 aliphatic heterocycles. The number of likely N-dealkylation sites (tertiary alicyclic amines) is 1. The number of aliphatic hydroxyl groups is 1. The molecule has 96 valence electrons. The van der Waals surface area contributed by atoms with Crippen LogP contribution in [0.5, 0.6) is 0 Å². The van der Waals surface area contributed by atoms with Gasteiger partial charge in [-0.15, -0.1) is 0 Å². The van der Waals surface area contributed by atoms with Crippen molar-refractivity contribution in [2.45, 2.75) is 44.0 Å². The standard InChI is InChI=1S/C11H17NO5/c13-7-2-1-5-12(6-7)10(14)8-3-4-9(17-8)11(15)16/h7-9,13H,1-6H2,(H,15,16)/t7?,8-,9+/m0/s1. The summed E-state index contributed by atoms with van der Waals surface area (Å²) in [5.41, 5.74) is 0. The summed E-state index contributed by atoms with van der Waals surface area (Å²) in [4.78, 5) is 24.3. The lowest BCUT2D eigenvalue weighted by molar-refractivity contribution is -0.156. The van der Waals surface area contributed by atoms with Gasteiger partial charge in [0.25, 0.3) is 5.91 Å². The first-order valence-electron chi connectivity index (χ1n) is 5.93. The molecule has 0 radical (unpaired) electrons. The van der Waals surface area contributed by atoms with Crippen molar-refractivity contribution in [2.24, 2.45) is 0 Å². The molecule has 1 amide bonds. The molecule has 2 saturated heterocycles. The lowest BCUT2D eigenvalue weighted by Gasteiger charge is -2.31. The third-order valence-corrected chi connectivity index (χ3v) is 3.28. The van der Waals surface area contributed by atoms with Crippen molar-refractivity contribution in [3.05, 3.63) is 0 Å². The van der Waals surface area contributed by atoms with Crippen molar-refractivity contribution < 1.29 is 24.5 Å². The van der Waals surface area contributed by atoms with Gasteiger partial charge in [-0.25, -0.2) is 4.79 Å². The van der Waals surface area contributed by atoms with E-state index in [2.05, 4.69) is 0 Å². The third-order valence-electron chi connectivity index (χ3n) is 3.28. The summed E-state index contributed by atoms with van der Waals surface area (Å²) in [6.07, 6.45) is 0.337. The molecule has 0 spiro atoms. The Morgan fingerprint density at radius 3 is 2.47 bits per heavy atom. The van der Waals surface area contributed by atoms with Crippen LogP contribution in [0, 0.1) is 0 Å². The van der Waals surface area contributed by atoms with Gasteiger partial charge in [0.1, 0.15) is 6.10 Å². The normalized spacial score (nSPS) is 33.7. The number of aliphatic carboxylic acids is 1. The molecule has 2 aliphatic rings. The topological polar surface area (TPSA) is 87.1 Å². The minimum absolute atomic E-state index is 0.187. The number of β-amino-alcohol motifs (C(OH)–C–C–N with tert-alkyl or cyclic N) is 1. The number of carbonyl (C=O) groups excluding carboxylic acids is 1. The van der Waals surface area contributed by atoms with E-state index in [-0.39, 0.29) is 5.91 Å². The first-order chi connectivity index (χ1) is 8.08. The monoisotopic (exact) mass is 243 g/mol. The lowest BCUT2D eigenvalue weighted by Crippen LogP contribution is -2.46. The summed E-state index contributed by atoms with van der Waals surface area (Å²) in [7, 11) is 0. The number of amides is 1. The average Bonchev–Trinajstić information content (AvgIpc) is 2.77. The molecule has 2 heterocycles. The molecule has 6 heteroatoms. The van der Waals surface area contributed by atoms with Gasteiger partial charge in [0.15, 0.2) is 6.10 Å². The molecule has 0 saturated carbocycles. The number of carboxylic acid groups (broad SMARTS) is 1. The number of carbonyl (C=O) groups is 2. The lowest BCUT2D eigenvalue weighted by atomic mass is 10.1. The second kappa shape index (κ2) is 5.01. The number of piperidine rings is 1. The van der Waals surface area contributed by atoms with E-state index in [4.69, 9.17) is 9.84 Å². The van der Waals surface area contributed by atoms with Gasteiger partial charge in [0.05, 0.1) is 6.10 Å². The highest BCUT2D eigenvalue weighted by Crippen LogP contribution is 2.23. The van der Waals surface area contributed by atoms with E-state index in [1.165, 1.54) is 0 Å². The Balaban J connectivity index is 1.90. The van der Waals surface area contributed by atoms with Gasteiger partial charge in [-0.05, 0) is 25.7 Å². The van der Waals surface area contributed by atoms with Gasteiger partial charge < -0.3 is 19.8 Å². The maximum atomic E-state index is 12.0. The highest BCUT2D eigenvalue weighted by atomic mass is 16.5. The molecule has 17 heavy (non-hydrogen) atoms. The van der Waals surface area contributed by atoms with Crippen LogP contribution in [-0.4, -0.2) is 58.4 Å². The van der Waals surface area contributed by atoms with E-state index < -0.39 is 24.3 Å². The fourth-order valence-corrected chi connectivity index (χ4v) is 2.36. The van der Waals surface area contributed by atoms with E-state index in [1.54, 1.807) is 4.90 Å². The van der Waals surface area contributed by atoms with Gasteiger partial charge in [-0.2, -0.15) is 0 Å². The quantitative estimate of drug-likeness (QED) is 0.689. The second-order valence-corrected chi connectivity index (χ2v) is 4.61. The molecule has 2 N–H and O–H groups in total. The zero-order valence-corrected chi connectivity index (χ0v) is 9.54. The third kappa shape index (κ3) is 2.76. The van der Waals surface area contributed by atoms with Crippen LogP contribution in [0.1, 0.15) is 25.7 Å². The second-order valence-electron chi connectivity index (χ2n) is 4.61. The van der Waals surface area contributed by atoms with Crippen LogP contribution in [0.25, 0.3) is 0 Å². The van der Waals surface area contributed by atoms with E-state index in [0.29, 0.717) is 32.4 Å². The molecule has 3 atom stereocenters. The Hall–Kier alpha value is -1.14. The van der Waals surface area contributed by atoms with Crippen LogP contribution >= 0.6 is 0 Å². The van der Waals surface area contributed by atoms with Crippen molar-refractivity contribution in [3.63, 3.8) is 0 Å². The number of nitrogens with zero attached hydrogens (tertiary/aromatic N) is 1. The maximum Gasteiger partial charge on any atom is 0.332 e. The molecule has 2 fully saturated rings. The summed E-state index contributed by atoms with van der Waals surface area (Å²) < 4.78 is 5.20. The van der Waals surface area contributed by atoms with Crippen molar-refractivity contribution in [1.29, 1.82) is 0 Å². The summed E-state index contributed by atoms with van der Waals surface area (Å²) in [5.74, 6) is -1.20. The van der Waals surface area contributed by atoms with Crippen LogP contribution in [0.15, 0.2) is 0 Å². The Morgan fingerprint density at radius 1 is 1.18 bits per heavy atom. The van der Waals surface area contributed by atoms with Gasteiger partial charge in [-0.1, -0.05) is 0 Å². The molecule has 6 nitrogen and oxygen atoms in total. The number of rotatable bonds is 2. The van der Waals surface area contributed by atoms with Crippen LogP contribution in [0.4, 0.5) is 0 Å². The highest BCUT2D eigenvalue weighted by molar-refractivity contribution is 5.82. The fraction of sp³-hybridized carbons (Fsp3) is 0.818. The Kier molecular flexibility index (Phi) is 3.63. The molecular formula is C11H17NO5. The summed E-state index contributed by atoms with van der Waals surface area (Å²) in [6, 6.07) is 0.